The summed E-state index contributed by atoms with van der Waals surface area (Å²) in [5.74, 6) is 7.10. The topological polar surface area (TPSA) is 72.5 Å². The molecule has 2 aromatic carbocycles. The Labute approximate surface area is 187 Å². The molecule has 4 nitrogen and oxygen atoms in total. The minimum atomic E-state index is -3.44. The van der Waals surface area contributed by atoms with Crippen molar-refractivity contribution in [3.8, 4) is 11.8 Å². The van der Waals surface area contributed by atoms with Crippen molar-refractivity contribution in [3.05, 3.63) is 47.0 Å². The average molecular weight is 451 g/mol. The number of nitrogens with zero attached hydrogens (tertiary/aromatic N) is 1. The molecular formula is C25H26N2O2S2. The quantitative estimate of drug-likeness (QED) is 0.553. The maximum absolute atomic E-state index is 13.0. The van der Waals surface area contributed by atoms with E-state index in [1.807, 2.05) is 19.9 Å². The van der Waals surface area contributed by atoms with Gasteiger partial charge in [-0.2, -0.15) is 0 Å². The first-order chi connectivity index (χ1) is 14.6. The Morgan fingerprint density at radius 1 is 1.10 bits per heavy atom. The van der Waals surface area contributed by atoms with Crippen LogP contribution in [0.3, 0.4) is 0 Å². The fourth-order valence-electron chi connectivity index (χ4n) is 4.44. The van der Waals surface area contributed by atoms with E-state index in [2.05, 4.69) is 36.1 Å². The normalized spacial score (nSPS) is 24.6. The molecule has 1 atom stereocenters. The Balaban J connectivity index is 1.71. The van der Waals surface area contributed by atoms with Crippen LogP contribution in [-0.4, -0.2) is 24.8 Å². The number of aliphatic imine (C=N–C) groups is 1. The van der Waals surface area contributed by atoms with E-state index in [-0.39, 0.29) is 11.6 Å². The van der Waals surface area contributed by atoms with Crippen LogP contribution < -0.4 is 5.73 Å². The predicted molar refractivity (Wildman–Crippen MR) is 131 cm³/mol. The van der Waals surface area contributed by atoms with Gasteiger partial charge in [0.15, 0.2) is 9.84 Å². The lowest BCUT2D eigenvalue weighted by molar-refractivity contribution is 0.501. The molecule has 6 heteroatoms. The molecule has 31 heavy (non-hydrogen) atoms. The Bertz CT molecular complexity index is 1450. The zero-order valence-corrected chi connectivity index (χ0v) is 19.9. The Morgan fingerprint density at radius 2 is 1.81 bits per heavy atom. The predicted octanol–water partition coefficient (Wildman–Crippen LogP) is 5.08. The molecule has 1 aromatic heterocycles. The van der Waals surface area contributed by atoms with Gasteiger partial charge in [-0.1, -0.05) is 12.0 Å². The largest absolute Gasteiger partial charge is 0.386 e. The summed E-state index contributed by atoms with van der Waals surface area (Å²) in [6.45, 7) is 6.99. The SMILES string of the molecule is CC#Cc1cc2c(cc1C1CC1)sc1ccc([C@]3(C)CS(=O)(=O)C(C)(C)C(N)=N3)cc12. The molecule has 2 aliphatic rings. The Morgan fingerprint density at radius 3 is 2.45 bits per heavy atom. The van der Waals surface area contributed by atoms with Crippen LogP contribution in [0.15, 0.2) is 35.3 Å². The zero-order valence-electron chi connectivity index (χ0n) is 18.2. The van der Waals surface area contributed by atoms with Crippen molar-refractivity contribution in [2.45, 2.75) is 56.7 Å². The van der Waals surface area contributed by atoms with Crippen molar-refractivity contribution in [2.24, 2.45) is 10.7 Å². The second-order valence-electron chi connectivity index (χ2n) is 9.44. The van der Waals surface area contributed by atoms with E-state index in [1.54, 1.807) is 25.2 Å². The van der Waals surface area contributed by atoms with Gasteiger partial charge in [0.2, 0.25) is 0 Å². The van der Waals surface area contributed by atoms with E-state index in [1.165, 1.54) is 33.2 Å². The monoisotopic (exact) mass is 450 g/mol. The minimum Gasteiger partial charge on any atom is -0.386 e. The first-order valence-corrected chi connectivity index (χ1v) is 13.0. The van der Waals surface area contributed by atoms with E-state index < -0.39 is 20.1 Å². The standard InChI is InChI=1S/C25H26N2O2S2/c1-5-6-16-11-19-20-12-17(25(4)14-31(28,29)24(2,3)23(26)27-25)9-10-21(20)30-22(19)13-18(16)15-7-8-15/h9-13,15H,7-8,14H2,1-4H3,(H2,26,27)/t25-/m0/s1. The molecule has 1 fully saturated rings. The third kappa shape index (κ3) is 3.09. The molecule has 0 radical (unpaired) electrons. The molecule has 0 spiro atoms. The lowest BCUT2D eigenvalue weighted by Crippen LogP contribution is -2.54. The Hall–Kier alpha value is -2.36. The zero-order chi connectivity index (χ0) is 22.2. The second kappa shape index (κ2) is 6.57. The van der Waals surface area contributed by atoms with Gasteiger partial charge in [-0.3, -0.25) is 4.99 Å². The molecule has 1 aliphatic carbocycles. The highest BCUT2D eigenvalue weighted by atomic mass is 32.2. The molecule has 3 aromatic rings. The van der Waals surface area contributed by atoms with Gasteiger partial charge < -0.3 is 5.73 Å². The number of hydrogen-bond donors (Lipinski definition) is 1. The average Bonchev–Trinajstić information content (AvgIpc) is 3.47. The molecule has 0 bridgehead atoms. The molecule has 0 saturated heterocycles. The van der Waals surface area contributed by atoms with Gasteiger partial charge in [-0.25, -0.2) is 8.42 Å². The highest BCUT2D eigenvalue weighted by molar-refractivity contribution is 7.93. The maximum atomic E-state index is 13.0. The van der Waals surface area contributed by atoms with Crippen LogP contribution in [0, 0.1) is 11.8 Å². The highest BCUT2D eigenvalue weighted by Crippen LogP contribution is 2.46. The number of benzene rings is 2. The maximum Gasteiger partial charge on any atom is 0.165 e. The molecule has 0 unspecified atom stereocenters. The summed E-state index contributed by atoms with van der Waals surface area (Å²) in [4.78, 5) is 4.69. The van der Waals surface area contributed by atoms with Gasteiger partial charge in [-0.05, 0) is 81.8 Å². The summed E-state index contributed by atoms with van der Waals surface area (Å²) in [5, 5.41) is 2.29. The van der Waals surface area contributed by atoms with Crippen LogP contribution >= 0.6 is 11.3 Å². The van der Waals surface area contributed by atoms with Crippen LogP contribution in [0.1, 0.15) is 63.1 Å². The third-order valence-corrected chi connectivity index (χ3v) is 10.6. The molecular weight excluding hydrogens is 424 g/mol. The number of thiophene rings is 1. The summed E-state index contributed by atoms with van der Waals surface area (Å²) in [7, 11) is -3.44. The van der Waals surface area contributed by atoms with Crippen molar-refractivity contribution in [2.75, 3.05) is 5.75 Å². The molecule has 5 rings (SSSR count). The first kappa shape index (κ1) is 20.5. The van der Waals surface area contributed by atoms with Crippen molar-refractivity contribution in [1.29, 1.82) is 0 Å². The summed E-state index contributed by atoms with van der Waals surface area (Å²) in [5.41, 5.74) is 8.58. The molecule has 160 valence electrons. The number of rotatable bonds is 2. The van der Waals surface area contributed by atoms with Crippen molar-refractivity contribution >= 4 is 47.2 Å². The summed E-state index contributed by atoms with van der Waals surface area (Å²) in [6, 6.07) is 10.7. The van der Waals surface area contributed by atoms with E-state index in [4.69, 9.17) is 10.7 Å². The fraction of sp³-hybridized carbons (Fsp3) is 0.400. The van der Waals surface area contributed by atoms with Gasteiger partial charge in [0.25, 0.3) is 0 Å². The van der Waals surface area contributed by atoms with Crippen LogP contribution in [0.2, 0.25) is 0 Å². The molecule has 1 saturated carbocycles. The minimum absolute atomic E-state index is 0.0559. The molecule has 0 amide bonds. The smallest absolute Gasteiger partial charge is 0.165 e. The highest BCUT2D eigenvalue weighted by Gasteiger charge is 2.48. The summed E-state index contributed by atoms with van der Waals surface area (Å²) in [6.07, 6.45) is 2.48. The number of fused-ring (bicyclic) bond motifs is 3. The number of nitrogens with two attached hydrogens (primary N) is 1. The molecule has 1 aliphatic heterocycles. The number of sulfone groups is 1. The summed E-state index contributed by atoms with van der Waals surface area (Å²) >= 11 is 1.78. The Kier molecular flexibility index (Phi) is 4.35. The van der Waals surface area contributed by atoms with E-state index >= 15 is 0 Å². The van der Waals surface area contributed by atoms with Crippen molar-refractivity contribution in [3.63, 3.8) is 0 Å². The van der Waals surface area contributed by atoms with Crippen LogP contribution in [0.4, 0.5) is 0 Å². The second-order valence-corrected chi connectivity index (χ2v) is 13.1. The molecule has 2 N–H and O–H groups in total. The molecule has 2 heterocycles. The van der Waals surface area contributed by atoms with Gasteiger partial charge in [0.05, 0.1) is 11.3 Å². The first-order valence-electron chi connectivity index (χ1n) is 10.6. The van der Waals surface area contributed by atoms with Gasteiger partial charge in [-0.15, -0.1) is 17.3 Å². The van der Waals surface area contributed by atoms with Gasteiger partial charge >= 0.3 is 0 Å². The van der Waals surface area contributed by atoms with Crippen molar-refractivity contribution < 1.29 is 8.42 Å². The van der Waals surface area contributed by atoms with Crippen LogP contribution in [-0.2, 0) is 15.4 Å². The van der Waals surface area contributed by atoms with Gasteiger partial charge in [0, 0.05) is 25.7 Å². The van der Waals surface area contributed by atoms with Crippen LogP contribution in [0.5, 0.6) is 0 Å². The van der Waals surface area contributed by atoms with Crippen LogP contribution in [0.25, 0.3) is 20.2 Å². The third-order valence-electron chi connectivity index (χ3n) is 6.77. The lowest BCUT2D eigenvalue weighted by Gasteiger charge is -2.37. The summed E-state index contributed by atoms with van der Waals surface area (Å²) < 4.78 is 27.2. The number of hydrogen-bond acceptors (Lipinski definition) is 5. The van der Waals surface area contributed by atoms with Gasteiger partial charge in [0.1, 0.15) is 10.6 Å². The van der Waals surface area contributed by atoms with E-state index in [9.17, 15) is 8.42 Å². The lowest BCUT2D eigenvalue weighted by atomic mass is 9.92. The van der Waals surface area contributed by atoms with E-state index in [0.717, 1.165) is 16.5 Å². The van der Waals surface area contributed by atoms with Crippen molar-refractivity contribution in [1.82, 2.24) is 0 Å². The fourth-order valence-corrected chi connectivity index (χ4v) is 7.25. The van der Waals surface area contributed by atoms with E-state index in [0.29, 0.717) is 5.92 Å². The number of amidine groups is 1.